The van der Waals surface area contributed by atoms with Crippen molar-refractivity contribution in [1.82, 2.24) is 4.90 Å². The summed E-state index contributed by atoms with van der Waals surface area (Å²) in [6.07, 6.45) is 5.48. The molecule has 2 N–H and O–H groups in total. The number of aromatic hydroxyl groups is 1. The highest BCUT2D eigenvalue weighted by atomic mass is 35.5. The van der Waals surface area contributed by atoms with Crippen molar-refractivity contribution in [1.29, 1.82) is 0 Å². The van der Waals surface area contributed by atoms with Gasteiger partial charge in [0.1, 0.15) is 18.1 Å². The molecule has 210 valence electrons. The summed E-state index contributed by atoms with van der Waals surface area (Å²) in [6, 6.07) is 14.5. The standard InChI is InChI=1S/C31H35BClNO6/c1-3-7-19(14-20-11-12-22(35)16-26(20)33)10-13-27-28-21(18-39-23-8-5-4-6-9-23)15-24-29(25(28)17-32(38)40-27)31(37)34(2)30(24)36/h4-6,8-9,11-12,14,16,24-25,27,29,35,38H,3,7,10,13,15,17-18H2,1-2H3/b19-14+/t24-,25+,27-,29-/m1/s1. The van der Waals surface area contributed by atoms with E-state index in [1.54, 1.807) is 19.2 Å². The van der Waals surface area contributed by atoms with E-state index >= 15 is 0 Å². The van der Waals surface area contributed by atoms with Gasteiger partial charge in [0.05, 0.1) is 23.0 Å². The first-order chi connectivity index (χ1) is 19.3. The molecule has 0 aromatic heterocycles. The number of hydrogen-bond donors (Lipinski definition) is 2. The first-order valence-corrected chi connectivity index (χ1v) is 14.4. The fraction of sp³-hybridized carbons (Fsp3) is 0.419. The van der Waals surface area contributed by atoms with Gasteiger partial charge < -0.3 is 19.5 Å². The number of likely N-dealkylation sites (tertiary alicyclic amines) is 1. The summed E-state index contributed by atoms with van der Waals surface area (Å²) < 4.78 is 12.3. The predicted molar refractivity (Wildman–Crippen MR) is 155 cm³/mol. The first kappa shape index (κ1) is 28.5. The number of allylic oxidation sites excluding steroid dienone is 1. The maximum absolute atomic E-state index is 13.2. The molecule has 1 aliphatic carbocycles. The fourth-order valence-corrected chi connectivity index (χ4v) is 6.73. The van der Waals surface area contributed by atoms with Gasteiger partial charge in [0.15, 0.2) is 0 Å². The Morgan fingerprint density at radius 1 is 1.15 bits per heavy atom. The van der Waals surface area contributed by atoms with Crippen molar-refractivity contribution in [3.8, 4) is 11.5 Å². The molecule has 2 aromatic carbocycles. The van der Waals surface area contributed by atoms with Crippen LogP contribution in [0.3, 0.4) is 0 Å². The van der Waals surface area contributed by atoms with Gasteiger partial charge in [-0.25, -0.2) is 0 Å². The number of carbonyl (C=O) groups is 2. The molecule has 40 heavy (non-hydrogen) atoms. The smallest absolute Gasteiger partial charge is 0.455 e. The van der Waals surface area contributed by atoms with E-state index in [9.17, 15) is 19.7 Å². The molecule has 9 heteroatoms. The minimum absolute atomic E-state index is 0.119. The van der Waals surface area contributed by atoms with Crippen LogP contribution in [0.4, 0.5) is 0 Å². The molecule has 7 nitrogen and oxygen atoms in total. The minimum atomic E-state index is -1.02. The van der Waals surface area contributed by atoms with Crippen LogP contribution in [0, 0.1) is 17.8 Å². The average Bonchev–Trinajstić information content (AvgIpc) is 3.15. The van der Waals surface area contributed by atoms with Crippen LogP contribution in [0.25, 0.3) is 6.08 Å². The molecule has 0 radical (unpaired) electrons. The number of para-hydroxylation sites is 1. The van der Waals surface area contributed by atoms with E-state index in [0.29, 0.717) is 30.9 Å². The molecule has 2 aromatic rings. The number of phenols is 1. The number of carbonyl (C=O) groups excluding carboxylic acids is 2. The number of imide groups is 1. The van der Waals surface area contributed by atoms with E-state index in [0.717, 1.165) is 35.3 Å². The molecule has 2 saturated heterocycles. The number of halogens is 1. The zero-order valence-corrected chi connectivity index (χ0v) is 23.6. The van der Waals surface area contributed by atoms with E-state index in [4.69, 9.17) is 21.0 Å². The summed E-state index contributed by atoms with van der Waals surface area (Å²) in [5, 5.41) is 21.0. The normalized spacial score (nSPS) is 24.9. The molecule has 0 unspecified atom stereocenters. The topological polar surface area (TPSA) is 96.3 Å². The van der Waals surface area contributed by atoms with Gasteiger partial charge in [-0.15, -0.1) is 0 Å². The Bertz CT molecular complexity index is 1330. The second-order valence-electron chi connectivity index (χ2n) is 11.0. The van der Waals surface area contributed by atoms with Crippen LogP contribution >= 0.6 is 11.6 Å². The van der Waals surface area contributed by atoms with Crippen LogP contribution in [0.15, 0.2) is 65.3 Å². The van der Waals surface area contributed by atoms with Gasteiger partial charge in [0.25, 0.3) is 0 Å². The van der Waals surface area contributed by atoms with Crippen LogP contribution in [-0.2, 0) is 14.2 Å². The van der Waals surface area contributed by atoms with Crippen molar-refractivity contribution in [3.05, 3.63) is 75.8 Å². The Kier molecular flexibility index (Phi) is 8.69. The van der Waals surface area contributed by atoms with Crippen molar-refractivity contribution in [3.63, 3.8) is 0 Å². The monoisotopic (exact) mass is 563 g/mol. The van der Waals surface area contributed by atoms with Crippen LogP contribution < -0.4 is 4.74 Å². The molecular formula is C31H35BClNO6. The van der Waals surface area contributed by atoms with Crippen LogP contribution in [-0.4, -0.2) is 53.7 Å². The summed E-state index contributed by atoms with van der Waals surface area (Å²) >= 11 is 6.38. The van der Waals surface area contributed by atoms with Crippen molar-refractivity contribution in [2.75, 3.05) is 13.7 Å². The molecular weight excluding hydrogens is 529 g/mol. The molecule has 2 aliphatic heterocycles. The minimum Gasteiger partial charge on any atom is -0.508 e. The van der Waals surface area contributed by atoms with Gasteiger partial charge in [-0.05, 0) is 85.0 Å². The summed E-state index contributed by atoms with van der Waals surface area (Å²) in [5.74, 6) is -0.715. The van der Waals surface area contributed by atoms with E-state index in [1.165, 1.54) is 16.5 Å². The number of ether oxygens (including phenoxy) is 1. The van der Waals surface area contributed by atoms with Gasteiger partial charge in [-0.3, -0.25) is 14.5 Å². The summed E-state index contributed by atoms with van der Waals surface area (Å²) in [7, 11) is 0.527. The SMILES string of the molecule is CCC/C(=C\c1ccc(O)cc1Cl)CC[C@H]1OB(O)C[C@H]2C1=C(COc1ccccc1)C[C@H]1C(=O)N(C)C(=O)[C@H]12. The van der Waals surface area contributed by atoms with Crippen molar-refractivity contribution < 1.29 is 29.1 Å². The quantitative estimate of drug-likeness (QED) is 0.237. The van der Waals surface area contributed by atoms with Crippen LogP contribution in [0.2, 0.25) is 11.3 Å². The zero-order valence-electron chi connectivity index (χ0n) is 22.9. The highest BCUT2D eigenvalue weighted by Crippen LogP contribution is 2.50. The number of rotatable bonds is 9. The summed E-state index contributed by atoms with van der Waals surface area (Å²) in [6.45, 7) is 2.41. The number of hydrogen-bond acceptors (Lipinski definition) is 6. The maximum atomic E-state index is 13.2. The Morgan fingerprint density at radius 2 is 1.93 bits per heavy atom. The number of phenolic OH excluding ortho intramolecular Hbond substituents is 1. The molecule has 4 atom stereocenters. The van der Waals surface area contributed by atoms with Crippen molar-refractivity contribution >= 4 is 36.6 Å². The molecule has 2 heterocycles. The first-order valence-electron chi connectivity index (χ1n) is 14.0. The molecule has 0 saturated carbocycles. The highest BCUT2D eigenvalue weighted by molar-refractivity contribution is 6.43. The van der Waals surface area contributed by atoms with E-state index in [1.807, 2.05) is 30.3 Å². The van der Waals surface area contributed by atoms with Gasteiger partial charge in [-0.2, -0.15) is 0 Å². The lowest BCUT2D eigenvalue weighted by Crippen LogP contribution is -2.46. The van der Waals surface area contributed by atoms with E-state index in [-0.39, 0.29) is 29.8 Å². The van der Waals surface area contributed by atoms with Crippen LogP contribution in [0.1, 0.15) is 44.6 Å². The third-order valence-corrected chi connectivity index (χ3v) is 8.65. The molecule has 0 bridgehead atoms. The van der Waals surface area contributed by atoms with Crippen LogP contribution in [0.5, 0.6) is 11.5 Å². The maximum Gasteiger partial charge on any atom is 0.455 e. The summed E-state index contributed by atoms with van der Waals surface area (Å²) in [5.41, 5.74) is 3.99. The third kappa shape index (κ3) is 5.85. The molecule has 2 fully saturated rings. The van der Waals surface area contributed by atoms with Gasteiger partial charge in [0.2, 0.25) is 11.8 Å². The Balaban J connectivity index is 1.45. The Morgan fingerprint density at radius 3 is 2.65 bits per heavy atom. The lowest BCUT2D eigenvalue weighted by Gasteiger charge is -2.43. The number of fused-ring (bicyclic) bond motifs is 3. The number of benzene rings is 2. The highest BCUT2D eigenvalue weighted by Gasteiger charge is 2.56. The Labute approximate surface area is 240 Å². The molecule has 3 aliphatic rings. The molecule has 0 spiro atoms. The van der Waals surface area contributed by atoms with E-state index < -0.39 is 25.1 Å². The van der Waals surface area contributed by atoms with Gasteiger partial charge >= 0.3 is 7.12 Å². The lowest BCUT2D eigenvalue weighted by atomic mass is 9.58. The largest absolute Gasteiger partial charge is 0.508 e. The summed E-state index contributed by atoms with van der Waals surface area (Å²) in [4.78, 5) is 27.5. The lowest BCUT2D eigenvalue weighted by molar-refractivity contribution is -0.138. The van der Waals surface area contributed by atoms with E-state index in [2.05, 4.69) is 13.0 Å². The second-order valence-corrected chi connectivity index (χ2v) is 11.4. The molecule has 2 amide bonds. The average molecular weight is 564 g/mol. The van der Waals surface area contributed by atoms with Crippen molar-refractivity contribution in [2.24, 2.45) is 17.8 Å². The number of nitrogens with zero attached hydrogens (tertiary/aromatic N) is 1. The van der Waals surface area contributed by atoms with Crippen molar-refractivity contribution in [2.45, 2.75) is 51.5 Å². The zero-order chi connectivity index (χ0) is 28.4. The fourth-order valence-electron chi connectivity index (χ4n) is 6.50. The molecule has 5 rings (SSSR count). The predicted octanol–water partition coefficient (Wildman–Crippen LogP) is 5.52. The Hall–Kier alpha value is -3.07. The number of amides is 2. The van der Waals surface area contributed by atoms with Gasteiger partial charge in [-0.1, -0.05) is 54.8 Å². The van der Waals surface area contributed by atoms with Gasteiger partial charge in [0, 0.05) is 7.05 Å². The second kappa shape index (κ2) is 12.2. The third-order valence-electron chi connectivity index (χ3n) is 8.33.